The van der Waals surface area contributed by atoms with E-state index in [1.165, 1.54) is 38.8 Å². The van der Waals surface area contributed by atoms with Gasteiger partial charge in [-0.25, -0.2) is 9.97 Å². The Balaban J connectivity index is 0.0000000991. The van der Waals surface area contributed by atoms with Gasteiger partial charge in [-0.05, 0) is 189 Å². The van der Waals surface area contributed by atoms with Gasteiger partial charge in [0, 0.05) is 114 Å². The van der Waals surface area contributed by atoms with E-state index in [1.807, 2.05) is 128 Å². The number of aromatic nitrogens is 5. The van der Waals surface area contributed by atoms with Crippen LogP contribution in [0.15, 0.2) is 423 Å². The maximum absolute atomic E-state index is 6.84. The lowest BCUT2D eigenvalue weighted by molar-refractivity contribution is 0.453. The van der Waals surface area contributed by atoms with Gasteiger partial charge in [-0.2, -0.15) is 0 Å². The molecular formula is C121H74B3N7O8S. The molecule has 0 fully saturated rings. The van der Waals surface area contributed by atoms with Crippen molar-refractivity contribution in [2.45, 2.75) is 29.2 Å². The molecule has 0 aliphatic carbocycles. The lowest BCUT2D eigenvalue weighted by Gasteiger charge is -2.42. The van der Waals surface area contributed by atoms with Gasteiger partial charge in [0.05, 0.1) is 49.7 Å². The molecule has 0 saturated carbocycles. The van der Waals surface area contributed by atoms with Gasteiger partial charge in [0.15, 0.2) is 23.1 Å². The lowest BCUT2D eigenvalue weighted by Crippen LogP contribution is -2.57. The van der Waals surface area contributed by atoms with Crippen LogP contribution < -0.4 is 96.9 Å². The summed E-state index contributed by atoms with van der Waals surface area (Å²) >= 11 is 1.64. The quantitative estimate of drug-likeness (QED) is 0.152. The molecule has 0 amide bonds. The van der Waals surface area contributed by atoms with Crippen LogP contribution in [-0.2, 0) is 5.41 Å². The molecule has 23 aromatic rings. The molecule has 18 aromatic carbocycles. The third-order valence-corrected chi connectivity index (χ3v) is 30.3. The van der Waals surface area contributed by atoms with E-state index in [2.05, 4.69) is 322 Å². The fourth-order valence-electron chi connectivity index (χ4n) is 23.2. The third kappa shape index (κ3) is 11.6. The first kappa shape index (κ1) is 78.5. The Morgan fingerprint density at radius 2 is 0.636 bits per heavy atom. The average molecular weight is 1820 g/mol. The van der Waals surface area contributed by atoms with E-state index in [9.17, 15) is 0 Å². The number of benzene rings is 18. The predicted octanol–water partition coefficient (Wildman–Crippen LogP) is 25.3. The van der Waals surface area contributed by atoms with E-state index in [0.717, 1.165) is 234 Å². The van der Waals surface area contributed by atoms with Crippen LogP contribution in [0, 0.1) is 0 Å². The number of para-hydroxylation sites is 13. The standard InChI is InChI=1S/C45H31BN2O2.C41H24BN3O3.C35H19BN2O3S/c1-45(2)32-16-7-10-19-37(32)47(28-13-4-3-5-14-28)39-27-38-31(26-33(39)45)30-15-6-9-18-36(30)48(38)29-23-24-35-43(25-29)50-42-22-12-21-41-44(42)46(35)34-17-8-11-20-40(34)49-41;1-2-12-25(13-3-1)45-32-18-8-11-21-35(32)48-40-39-28(24-43-41(40)45)27-14-4-7-17-31(27)44(39)26-22-36-38-37(23-26)47-34-20-10-6-16-30(34)42(38)29-15-5-9-19-33(29)46-36;1-3-10-25-21(8-1)22-19-37-35-34(41-27-12-5-6-15-31(27)42-35)33(22)38(25)20-16-17-24-30(18-20)40-29-14-7-13-28-32(29)36(24)23-9-2-4-11-26(23)39-28/h3-27H,1-2H3;1-24H;1-19H. The van der Waals surface area contributed by atoms with Gasteiger partial charge in [-0.15, -0.1) is 0 Å². The Kier molecular flexibility index (Phi) is 16.9. The fourth-order valence-corrected chi connectivity index (χ4v) is 24.1. The maximum Gasteiger partial charge on any atom is 0.260 e. The molecule has 9 aliphatic heterocycles. The zero-order valence-corrected chi connectivity index (χ0v) is 76.1. The summed E-state index contributed by atoms with van der Waals surface area (Å²) in [5, 5.41) is 7.60. The second-order valence-corrected chi connectivity index (χ2v) is 38.2. The summed E-state index contributed by atoms with van der Waals surface area (Å²) in [7, 11) is 0. The van der Waals surface area contributed by atoms with Crippen molar-refractivity contribution in [2.75, 3.05) is 9.80 Å². The zero-order valence-electron chi connectivity index (χ0n) is 75.3. The highest BCUT2D eigenvalue weighted by molar-refractivity contribution is 7.99. The van der Waals surface area contributed by atoms with Crippen molar-refractivity contribution < 1.29 is 37.9 Å². The number of rotatable bonds is 5. The molecule has 0 radical (unpaired) electrons. The van der Waals surface area contributed by atoms with Crippen LogP contribution in [-0.4, -0.2) is 43.8 Å². The fraction of sp³-hybridized carbons (Fsp3) is 0.0248. The number of pyridine rings is 2. The largest absolute Gasteiger partial charge is 0.458 e. The normalized spacial score (nSPS) is 13.9. The Hall–Kier alpha value is -17.8. The summed E-state index contributed by atoms with van der Waals surface area (Å²) in [6, 6.07) is 140. The van der Waals surface area contributed by atoms with Crippen molar-refractivity contribution in [2.24, 2.45) is 0 Å². The molecular weight excluding hydrogens is 1740 g/mol. The summed E-state index contributed by atoms with van der Waals surface area (Å²) in [6.07, 6.45) is 3.95. The van der Waals surface area contributed by atoms with Crippen molar-refractivity contribution in [3.63, 3.8) is 0 Å². The zero-order chi connectivity index (χ0) is 91.8. The molecule has 5 aromatic heterocycles. The Bertz CT molecular complexity index is 9260. The maximum atomic E-state index is 6.84. The number of hydrogen-bond donors (Lipinski definition) is 0. The van der Waals surface area contributed by atoms with E-state index in [1.54, 1.807) is 11.8 Å². The van der Waals surface area contributed by atoms with Crippen LogP contribution in [0.5, 0.6) is 92.0 Å². The van der Waals surface area contributed by atoms with Crippen LogP contribution >= 0.6 is 11.8 Å². The monoisotopic (exact) mass is 1820 g/mol. The molecule has 140 heavy (non-hydrogen) atoms. The van der Waals surface area contributed by atoms with Gasteiger partial charge in [-0.3, -0.25) is 4.90 Å². The van der Waals surface area contributed by atoms with E-state index < -0.39 is 0 Å². The molecule has 0 saturated heterocycles. The van der Waals surface area contributed by atoms with Gasteiger partial charge in [-0.1, -0.05) is 256 Å². The number of hydrogen-bond acceptors (Lipinski definition) is 13. The van der Waals surface area contributed by atoms with Crippen molar-refractivity contribution in [1.29, 1.82) is 0 Å². The minimum absolute atomic E-state index is 0.00771. The number of nitrogens with zero attached hydrogens (tertiary/aromatic N) is 7. The van der Waals surface area contributed by atoms with Crippen molar-refractivity contribution in [3.8, 4) is 109 Å². The van der Waals surface area contributed by atoms with Crippen LogP contribution in [0.2, 0.25) is 0 Å². The molecule has 0 spiro atoms. The molecule has 19 heteroatoms. The molecule has 0 atom stereocenters. The van der Waals surface area contributed by atoms with Gasteiger partial charge >= 0.3 is 0 Å². The number of fused-ring (bicyclic) bond motifs is 29. The Morgan fingerprint density at radius 1 is 0.243 bits per heavy atom. The molecule has 0 bridgehead atoms. The van der Waals surface area contributed by atoms with Crippen molar-refractivity contribution in [1.82, 2.24) is 23.7 Å². The minimum atomic E-state index is -0.194. The molecule has 14 heterocycles. The second kappa shape index (κ2) is 30.1. The number of ether oxygens (including phenoxy) is 8. The highest BCUT2D eigenvalue weighted by atomic mass is 32.2. The second-order valence-electron chi connectivity index (χ2n) is 37.2. The molecule has 32 rings (SSSR count). The topological polar surface area (TPSA) is 121 Å². The summed E-state index contributed by atoms with van der Waals surface area (Å²) in [5.74, 6) is 14.0. The molecule has 0 unspecified atom stereocenters. The highest BCUT2D eigenvalue weighted by Crippen LogP contribution is 2.58. The van der Waals surface area contributed by atoms with Gasteiger partial charge < -0.3 is 56.5 Å². The highest BCUT2D eigenvalue weighted by Gasteiger charge is 2.46. The van der Waals surface area contributed by atoms with Crippen LogP contribution in [0.25, 0.3) is 82.5 Å². The molecule has 656 valence electrons. The smallest absolute Gasteiger partial charge is 0.260 e. The van der Waals surface area contributed by atoms with Crippen molar-refractivity contribution >= 4 is 181 Å². The van der Waals surface area contributed by atoms with Gasteiger partial charge in [0.1, 0.15) is 90.8 Å². The first-order valence-electron chi connectivity index (χ1n) is 47.3. The van der Waals surface area contributed by atoms with Gasteiger partial charge in [0.2, 0.25) is 0 Å². The first-order valence-corrected chi connectivity index (χ1v) is 48.1. The molecule has 9 aliphatic rings. The van der Waals surface area contributed by atoms with Gasteiger partial charge in [0.25, 0.3) is 20.1 Å². The summed E-state index contributed by atoms with van der Waals surface area (Å²) in [6.45, 7) is 4.79. The molecule has 15 nitrogen and oxygen atoms in total. The minimum Gasteiger partial charge on any atom is -0.458 e. The van der Waals surface area contributed by atoms with Crippen LogP contribution in [0.4, 0.5) is 34.3 Å². The molecule has 0 N–H and O–H groups in total. The lowest BCUT2D eigenvalue weighted by atomic mass is 9.35. The van der Waals surface area contributed by atoms with Crippen LogP contribution in [0.1, 0.15) is 25.0 Å². The van der Waals surface area contributed by atoms with E-state index in [0.29, 0.717) is 5.75 Å². The summed E-state index contributed by atoms with van der Waals surface area (Å²) in [5.41, 5.74) is 27.4. The predicted molar refractivity (Wildman–Crippen MR) is 563 cm³/mol. The van der Waals surface area contributed by atoms with E-state index in [-0.39, 0.29) is 25.6 Å². The van der Waals surface area contributed by atoms with E-state index in [4.69, 9.17) is 47.9 Å². The van der Waals surface area contributed by atoms with Crippen molar-refractivity contribution in [3.05, 3.63) is 424 Å². The summed E-state index contributed by atoms with van der Waals surface area (Å²) in [4.78, 5) is 15.6. The SMILES string of the molecule is CC1(C)c2ccccc2N(c2ccccc2)c2cc3c(cc21)c1ccccc1n3-c1ccc2c(c1)Oc1cccc3c1B2c1ccccc1O3.c1ccc(N2c3ccccc3Oc3c2ncc2c4ccccc4n(-c4cc5c6c(c4)Oc4ccccc4B6c4ccccc4O5)c32)cc1.c1ccc2c(c1)Oc1c(ncc3c4ccccc4n(-c4ccc5c(c4)Oc4cccc6c4B5c4ccccc4O6)c13)S2. The Labute approximate surface area is 808 Å². The number of anilines is 6. The third-order valence-electron chi connectivity index (χ3n) is 29.3. The van der Waals surface area contributed by atoms with E-state index >= 15 is 0 Å². The summed E-state index contributed by atoms with van der Waals surface area (Å²) < 4.78 is 59.8. The Morgan fingerprint density at radius 3 is 1.20 bits per heavy atom. The average Bonchev–Trinajstić information content (AvgIpc) is 1.49. The van der Waals surface area contributed by atoms with Crippen LogP contribution in [0.3, 0.4) is 0 Å². The first-order chi connectivity index (χ1) is 69.2.